The first kappa shape index (κ1) is 23.6. The first-order chi connectivity index (χ1) is 9.33. The lowest BCUT2D eigenvalue weighted by atomic mass is 9.95. The summed E-state index contributed by atoms with van der Waals surface area (Å²) in [5, 5.41) is 0. The van der Waals surface area contributed by atoms with Crippen LogP contribution in [0, 0.1) is 11.8 Å². The molecule has 0 aliphatic heterocycles. The highest BCUT2D eigenvalue weighted by Gasteiger charge is 2.14. The maximum Gasteiger partial charge on any atom is 0.120 e. The summed E-state index contributed by atoms with van der Waals surface area (Å²) in [5.74, 6) is 1.63. The van der Waals surface area contributed by atoms with Gasteiger partial charge in [0, 0.05) is 6.42 Å². The maximum absolute atomic E-state index is 10.2. The molecule has 0 amide bonds. The minimum Gasteiger partial charge on any atom is -0.333 e. The summed E-state index contributed by atoms with van der Waals surface area (Å²) in [6.45, 7) is 2.18. The van der Waals surface area contributed by atoms with Crippen molar-refractivity contribution in [2.45, 2.75) is 58.3 Å². The van der Waals surface area contributed by atoms with Gasteiger partial charge in [-0.05, 0) is 33.0 Å². The average molecular weight is 275 g/mol. The van der Waals surface area contributed by atoms with Gasteiger partial charge in [0.15, 0.2) is 0 Å². The summed E-state index contributed by atoms with van der Waals surface area (Å²) in [4.78, 5) is 10.2. The van der Waals surface area contributed by atoms with Crippen LogP contribution in [0.25, 0.3) is 0 Å². The molecule has 6 N–H and O–H groups in total. The van der Waals surface area contributed by atoms with Crippen molar-refractivity contribution >= 4 is 6.29 Å². The maximum atomic E-state index is 10.2. The van der Waals surface area contributed by atoms with E-state index >= 15 is 0 Å². The Labute approximate surface area is 120 Å². The molecule has 0 saturated heterocycles. The van der Waals surface area contributed by atoms with Gasteiger partial charge in [-0.2, -0.15) is 0 Å². The summed E-state index contributed by atoms with van der Waals surface area (Å²) in [6, 6.07) is 0. The van der Waals surface area contributed by atoms with Gasteiger partial charge in [-0.15, -0.1) is 0 Å². The molecule has 4 heteroatoms. The van der Waals surface area contributed by atoms with E-state index in [1.54, 1.807) is 0 Å². The quantitative estimate of drug-likeness (QED) is 0.648. The van der Waals surface area contributed by atoms with Gasteiger partial charge in [0.25, 0.3) is 0 Å². The molecule has 0 bridgehead atoms. The number of hydrogen-bond donors (Lipinski definition) is 3. The van der Waals surface area contributed by atoms with Crippen molar-refractivity contribution in [1.82, 2.24) is 0 Å². The predicted octanol–water partition coefficient (Wildman–Crippen LogP) is 2.30. The molecule has 0 aromatic rings. The fourth-order valence-corrected chi connectivity index (χ4v) is 2.34. The van der Waals surface area contributed by atoms with E-state index < -0.39 is 0 Å². The van der Waals surface area contributed by atoms with E-state index in [0.29, 0.717) is 5.92 Å². The molecule has 1 aliphatic rings. The number of rotatable bonds is 6. The summed E-state index contributed by atoms with van der Waals surface area (Å²) in [5.41, 5.74) is 13.5. The van der Waals surface area contributed by atoms with Crippen molar-refractivity contribution in [1.29, 1.82) is 0 Å². The Morgan fingerprint density at radius 1 is 1.05 bits per heavy atom. The zero-order valence-corrected chi connectivity index (χ0v) is 13.5. The topological polar surface area (TPSA) is 95.1 Å². The lowest BCUT2D eigenvalue weighted by molar-refractivity contribution is -0.108. The zero-order valence-electron chi connectivity index (χ0n) is 13.5. The summed E-state index contributed by atoms with van der Waals surface area (Å²) in [6.07, 6.45) is 11.6. The second-order valence-corrected chi connectivity index (χ2v) is 4.59. The van der Waals surface area contributed by atoms with Crippen LogP contribution >= 0.6 is 0 Å². The van der Waals surface area contributed by atoms with E-state index in [0.717, 1.165) is 18.6 Å². The molecule has 1 atom stereocenters. The van der Waals surface area contributed by atoms with Crippen molar-refractivity contribution in [3.05, 3.63) is 0 Å². The van der Waals surface area contributed by atoms with Gasteiger partial charge >= 0.3 is 0 Å². The van der Waals surface area contributed by atoms with E-state index in [-0.39, 0.29) is 0 Å². The third kappa shape index (κ3) is 17.6. The number of nitrogens with two attached hydrogens (primary N) is 3. The van der Waals surface area contributed by atoms with Gasteiger partial charge in [-0.25, -0.2) is 0 Å². The van der Waals surface area contributed by atoms with Crippen LogP contribution in [-0.4, -0.2) is 27.4 Å². The molecule has 19 heavy (non-hydrogen) atoms. The largest absolute Gasteiger partial charge is 0.333 e. The first-order valence-corrected chi connectivity index (χ1v) is 7.49. The number of carbonyl (C=O) groups excluding carboxylic acids is 1. The van der Waals surface area contributed by atoms with Crippen LogP contribution < -0.4 is 17.2 Å². The second kappa shape index (κ2) is 22.7. The van der Waals surface area contributed by atoms with E-state index in [2.05, 4.69) is 24.1 Å². The van der Waals surface area contributed by atoms with E-state index in [1.807, 2.05) is 0 Å². The SMILES string of the molecule is CC(CC=O)CCCC1CCCC1.CN.CN.CN. The van der Waals surface area contributed by atoms with Gasteiger partial charge in [0.2, 0.25) is 0 Å². The third-order valence-electron chi connectivity index (χ3n) is 3.28. The monoisotopic (exact) mass is 275 g/mol. The Kier molecular flexibility index (Phi) is 28.2. The minimum atomic E-state index is 0.610. The number of carbonyl (C=O) groups is 1. The van der Waals surface area contributed by atoms with E-state index in [1.165, 1.54) is 66.1 Å². The molecule has 0 heterocycles. The van der Waals surface area contributed by atoms with E-state index in [4.69, 9.17) is 0 Å². The standard InChI is InChI=1S/C12H22O.3CH5N/c1-11(9-10-13)5-4-8-12-6-2-3-7-12;3*1-2/h10-12H,2-9H2,1H3;3*2H2,1H3. The van der Waals surface area contributed by atoms with Gasteiger partial charge in [-0.1, -0.05) is 51.9 Å². The molecule has 1 fully saturated rings. The Bertz CT molecular complexity index is 148. The Hall–Kier alpha value is -0.450. The highest BCUT2D eigenvalue weighted by molar-refractivity contribution is 5.49. The summed E-state index contributed by atoms with van der Waals surface area (Å²) < 4.78 is 0. The molecular weight excluding hydrogens is 238 g/mol. The van der Waals surface area contributed by atoms with Crippen molar-refractivity contribution in [3.63, 3.8) is 0 Å². The van der Waals surface area contributed by atoms with Crippen molar-refractivity contribution in [3.8, 4) is 0 Å². The van der Waals surface area contributed by atoms with Crippen molar-refractivity contribution < 1.29 is 4.79 Å². The van der Waals surface area contributed by atoms with Gasteiger partial charge in [0.1, 0.15) is 6.29 Å². The molecule has 1 unspecified atom stereocenters. The van der Waals surface area contributed by atoms with Crippen LogP contribution in [0.2, 0.25) is 0 Å². The molecule has 0 spiro atoms. The molecule has 1 saturated carbocycles. The number of aldehydes is 1. The van der Waals surface area contributed by atoms with Crippen LogP contribution in [0.5, 0.6) is 0 Å². The Morgan fingerprint density at radius 2 is 1.53 bits per heavy atom. The smallest absolute Gasteiger partial charge is 0.120 e. The van der Waals surface area contributed by atoms with Crippen LogP contribution in [0.15, 0.2) is 0 Å². The Morgan fingerprint density at radius 3 is 1.95 bits per heavy atom. The molecule has 4 nitrogen and oxygen atoms in total. The molecule has 1 rings (SSSR count). The van der Waals surface area contributed by atoms with Crippen molar-refractivity contribution in [2.75, 3.05) is 21.1 Å². The normalized spacial score (nSPS) is 14.9. The minimum absolute atomic E-state index is 0.610. The van der Waals surface area contributed by atoms with Crippen LogP contribution in [0.3, 0.4) is 0 Å². The van der Waals surface area contributed by atoms with Gasteiger partial charge < -0.3 is 22.0 Å². The molecule has 1 aliphatic carbocycles. The zero-order chi connectivity index (χ0) is 15.5. The first-order valence-electron chi connectivity index (χ1n) is 7.49. The fourth-order valence-electron chi connectivity index (χ4n) is 2.34. The average Bonchev–Trinajstić information content (AvgIpc) is 2.99. The van der Waals surface area contributed by atoms with E-state index in [9.17, 15) is 4.79 Å². The molecular formula is C15H37N3O. The number of hydrogen-bond acceptors (Lipinski definition) is 4. The van der Waals surface area contributed by atoms with Crippen LogP contribution in [0.1, 0.15) is 58.3 Å². The van der Waals surface area contributed by atoms with Gasteiger partial charge in [0.05, 0.1) is 0 Å². The highest BCUT2D eigenvalue weighted by atomic mass is 16.1. The molecule has 0 aromatic carbocycles. The molecule has 118 valence electrons. The summed E-state index contributed by atoms with van der Waals surface area (Å²) >= 11 is 0. The second-order valence-electron chi connectivity index (χ2n) is 4.59. The lowest BCUT2D eigenvalue weighted by Crippen LogP contribution is -1.98. The van der Waals surface area contributed by atoms with Crippen LogP contribution in [0.4, 0.5) is 0 Å². The summed E-state index contributed by atoms with van der Waals surface area (Å²) in [7, 11) is 4.50. The van der Waals surface area contributed by atoms with Gasteiger partial charge in [-0.3, -0.25) is 0 Å². The molecule has 0 radical (unpaired) electrons. The van der Waals surface area contributed by atoms with Crippen LogP contribution in [-0.2, 0) is 4.79 Å². The third-order valence-corrected chi connectivity index (χ3v) is 3.28. The highest BCUT2D eigenvalue weighted by Crippen LogP contribution is 2.29. The fraction of sp³-hybridized carbons (Fsp3) is 0.933. The lowest BCUT2D eigenvalue weighted by Gasteiger charge is -2.10. The van der Waals surface area contributed by atoms with Crippen molar-refractivity contribution in [2.24, 2.45) is 29.0 Å². The predicted molar refractivity (Wildman–Crippen MR) is 86.0 cm³/mol. The Balaban J connectivity index is -0.000000375. The molecule has 0 aromatic heterocycles.